The average Bonchev–Trinajstić information content (AvgIpc) is 1.77. The minimum Gasteiger partial charge on any atom is -0.481 e. The van der Waals surface area contributed by atoms with Gasteiger partial charge in [-0.15, -0.1) is 0 Å². The Kier molecular flexibility index (Phi) is 43.5. The summed E-state index contributed by atoms with van der Waals surface area (Å²) in [5.74, 6) is -7.55. The predicted octanol–water partition coefficient (Wildman–Crippen LogP) is 7.43. The molecule has 0 radical (unpaired) electrons. The summed E-state index contributed by atoms with van der Waals surface area (Å²) in [5.41, 5.74) is 8.15. The van der Waals surface area contributed by atoms with Crippen molar-refractivity contribution in [2.75, 3.05) is 72.6 Å². The van der Waals surface area contributed by atoms with Gasteiger partial charge >= 0.3 is 30.0 Å². The van der Waals surface area contributed by atoms with Crippen molar-refractivity contribution in [2.24, 2.45) is 41.2 Å². The standard InChI is InChI=1S/C84H130N12O19S2/c1-13-53(6)73(67(113-11)48-69(98)96-42-24-30-66(96)74(114-12)55(8)75(101)89-54(7)45-56-25-16-14-17-26-56)94(9)80(106)71(51(2)3)93-79(105)72(52(4)5)95(10)84(112)115-43-44-116-117-50-62(85)77(103)86-40-22-15-18-31-68(97)88-49-57-32-36-60(37-33-57)76(102)90-65(47-58-34-35-59-27-19-20-28-61(59)46-58)78(104)87-41-23-21-29-63(81(107)108)91-83(111)92-64(82(109)110)38-39-70(99)100/h14,16-17,19-20,25-28,34-35,46,51-55,57,60,62-67,71-74H,13,15,18,21-24,29-33,36-45,47-50,85H2,1-12H3,(H,86,103)(H,87,104)(H,88,97)(H,89,101)(H,90,102)(H,93,105)(H,99,100)(H,107,108)(H,109,110)(H2,91,92,111)/t53-,54+,55+,57-,60-,62-,63-,64-,65-,66-,67+,71-,72-,73?,74+/m0/s1. The third-order valence-electron chi connectivity index (χ3n) is 22.1. The van der Waals surface area contributed by atoms with Crippen molar-refractivity contribution >= 4 is 110 Å². The van der Waals surface area contributed by atoms with Crippen LogP contribution < -0.4 is 48.3 Å². The Morgan fingerprint density at radius 3 is 1.88 bits per heavy atom. The van der Waals surface area contributed by atoms with E-state index in [-0.39, 0.29) is 116 Å². The summed E-state index contributed by atoms with van der Waals surface area (Å²) in [5, 5.41) is 52.1. The van der Waals surface area contributed by atoms with Crippen LogP contribution in [-0.4, -0.2) is 247 Å². The molecule has 2 fully saturated rings. The lowest BCUT2D eigenvalue weighted by atomic mass is 9.81. The van der Waals surface area contributed by atoms with Crippen LogP contribution in [0.25, 0.3) is 10.8 Å². The van der Waals surface area contributed by atoms with E-state index in [4.69, 9.17) is 25.1 Å². The van der Waals surface area contributed by atoms with Crippen molar-refractivity contribution in [3.8, 4) is 0 Å². The second kappa shape index (κ2) is 51.5. The van der Waals surface area contributed by atoms with Crippen LogP contribution in [0.1, 0.15) is 176 Å². The van der Waals surface area contributed by atoms with E-state index in [0.717, 1.165) is 28.3 Å². The fourth-order valence-electron chi connectivity index (χ4n) is 15.2. The molecule has 1 unspecified atom stereocenters. The number of methoxy groups -OCH3 is 2. The zero-order chi connectivity index (χ0) is 86.4. The molecule has 1 aliphatic carbocycles. The summed E-state index contributed by atoms with van der Waals surface area (Å²) in [6.07, 6.45) is 5.03. The number of carbonyl (C=O) groups excluding carboxylic acids is 10. The van der Waals surface area contributed by atoms with Crippen molar-refractivity contribution in [1.29, 1.82) is 0 Å². The maximum absolute atomic E-state index is 14.8. The lowest BCUT2D eigenvalue weighted by Gasteiger charge is -2.41. The smallest absolute Gasteiger partial charge is 0.410 e. The first-order valence-electron chi connectivity index (χ1n) is 41.2. The quantitative estimate of drug-likeness (QED) is 0.0193. The van der Waals surface area contributed by atoms with Crippen LogP contribution in [0.3, 0.4) is 0 Å². The molecule has 13 atom stereocenters. The van der Waals surface area contributed by atoms with Gasteiger partial charge in [0.1, 0.15) is 36.8 Å². The number of carboxylic acid groups (broad SMARTS) is 3. The molecule has 1 aliphatic heterocycles. The Hall–Kier alpha value is -8.79. The number of nitrogens with one attached hydrogen (secondary N) is 8. The van der Waals surface area contributed by atoms with Gasteiger partial charge in [0.15, 0.2) is 0 Å². The first-order valence-corrected chi connectivity index (χ1v) is 43.7. The van der Waals surface area contributed by atoms with Crippen molar-refractivity contribution in [3.63, 3.8) is 0 Å². The molecule has 117 heavy (non-hydrogen) atoms. The van der Waals surface area contributed by atoms with Gasteiger partial charge in [0, 0.05) is 97.2 Å². The number of likely N-dealkylation sites (N-methyl/N-ethyl adjacent to an activating group) is 2. The number of carboxylic acids is 3. The molecule has 1 saturated heterocycles. The molecule has 5 rings (SSSR count). The van der Waals surface area contributed by atoms with Crippen LogP contribution in [0.15, 0.2) is 72.8 Å². The molecule has 1 saturated carbocycles. The number of ether oxygens (including phenoxy) is 3. The van der Waals surface area contributed by atoms with Gasteiger partial charge in [0.2, 0.25) is 47.3 Å². The number of aliphatic carboxylic acids is 3. The van der Waals surface area contributed by atoms with Crippen molar-refractivity contribution in [3.05, 3.63) is 83.9 Å². The van der Waals surface area contributed by atoms with Crippen molar-refractivity contribution < 1.29 is 91.9 Å². The number of benzene rings is 3. The molecule has 0 aromatic heterocycles. The summed E-state index contributed by atoms with van der Waals surface area (Å²) in [7, 11) is 8.94. The molecule has 0 bridgehead atoms. The summed E-state index contributed by atoms with van der Waals surface area (Å²) in [6, 6.07) is 14.6. The van der Waals surface area contributed by atoms with Crippen LogP contribution in [0.5, 0.6) is 0 Å². The Labute approximate surface area is 696 Å². The van der Waals surface area contributed by atoms with E-state index in [1.165, 1.54) is 40.6 Å². The van der Waals surface area contributed by atoms with Gasteiger partial charge in [-0.3, -0.25) is 48.1 Å². The number of hydrogen-bond acceptors (Lipinski definition) is 19. The molecule has 31 nitrogen and oxygen atoms in total. The van der Waals surface area contributed by atoms with Gasteiger partial charge in [-0.1, -0.05) is 156 Å². The first-order chi connectivity index (χ1) is 55.7. The van der Waals surface area contributed by atoms with Gasteiger partial charge in [0.25, 0.3) is 0 Å². The van der Waals surface area contributed by atoms with Crippen LogP contribution in [0.2, 0.25) is 0 Å². The fourth-order valence-corrected chi connectivity index (χ4v) is 17.1. The minimum atomic E-state index is -1.55. The van der Waals surface area contributed by atoms with Crippen LogP contribution in [0, 0.1) is 35.5 Å². The maximum atomic E-state index is 14.8. The Balaban J connectivity index is 0.972. The Bertz CT molecular complexity index is 3710. The molecule has 0 spiro atoms. The summed E-state index contributed by atoms with van der Waals surface area (Å²) in [6.45, 7) is 16.4. The number of rotatable bonds is 52. The summed E-state index contributed by atoms with van der Waals surface area (Å²) < 4.78 is 17.7. The second-order valence-corrected chi connectivity index (χ2v) is 34.4. The molecule has 3 aromatic carbocycles. The van der Waals surface area contributed by atoms with Gasteiger partial charge in [0.05, 0.1) is 42.7 Å². The number of fused-ring (bicyclic) bond motifs is 1. The van der Waals surface area contributed by atoms with E-state index in [1.54, 1.807) is 37.8 Å². The Morgan fingerprint density at radius 1 is 0.615 bits per heavy atom. The second-order valence-electron chi connectivity index (χ2n) is 31.7. The molecule has 13 N–H and O–H groups in total. The van der Waals surface area contributed by atoms with E-state index in [9.17, 15) is 72.5 Å². The van der Waals surface area contributed by atoms with Crippen LogP contribution >= 0.6 is 21.6 Å². The molecule has 33 heteroatoms. The van der Waals surface area contributed by atoms with E-state index in [1.807, 2.05) is 114 Å². The average molecular weight is 1680 g/mol. The first kappa shape index (κ1) is 98.8. The van der Waals surface area contributed by atoms with Gasteiger partial charge < -0.3 is 87.6 Å². The number of amides is 11. The van der Waals surface area contributed by atoms with Crippen molar-refractivity contribution in [2.45, 2.75) is 244 Å². The summed E-state index contributed by atoms with van der Waals surface area (Å²) in [4.78, 5) is 176. The normalized spacial score (nSPS) is 17.8. The van der Waals surface area contributed by atoms with E-state index in [0.29, 0.717) is 102 Å². The number of nitrogens with two attached hydrogens (primary N) is 1. The van der Waals surface area contributed by atoms with E-state index < -0.39 is 121 Å². The number of carbonyl (C=O) groups is 13. The maximum Gasteiger partial charge on any atom is 0.410 e. The monoisotopic (exact) mass is 1670 g/mol. The lowest BCUT2D eigenvalue weighted by Crippen LogP contribution is -2.60. The third kappa shape index (κ3) is 33.1. The molecule has 652 valence electrons. The number of nitrogens with zero attached hydrogens (tertiary/aromatic N) is 3. The third-order valence-corrected chi connectivity index (χ3v) is 24.5. The number of hydrogen-bond donors (Lipinski definition) is 12. The van der Waals surface area contributed by atoms with Crippen molar-refractivity contribution in [1.82, 2.24) is 57.2 Å². The number of unbranched alkanes of at least 4 members (excludes halogenated alkanes) is 3. The van der Waals surface area contributed by atoms with Crippen LogP contribution in [0.4, 0.5) is 9.59 Å². The lowest BCUT2D eigenvalue weighted by molar-refractivity contribution is -0.148. The topological polar surface area (TPSA) is 442 Å². The highest BCUT2D eigenvalue weighted by molar-refractivity contribution is 8.76. The molecule has 1 heterocycles. The van der Waals surface area contributed by atoms with Gasteiger partial charge in [-0.2, -0.15) is 0 Å². The number of urea groups is 1. The van der Waals surface area contributed by atoms with E-state index in [2.05, 4.69) is 42.5 Å². The van der Waals surface area contributed by atoms with Gasteiger partial charge in [-0.05, 0) is 136 Å². The zero-order valence-corrected chi connectivity index (χ0v) is 71.9. The minimum absolute atomic E-state index is 0.00321. The Morgan fingerprint density at radius 2 is 1.26 bits per heavy atom. The largest absolute Gasteiger partial charge is 0.481 e. The zero-order valence-electron chi connectivity index (χ0n) is 70.2. The SMILES string of the molecule is CC[C@H](C)C([C@@H](CC(=O)N1CCC[C@H]1[C@H](OC)[C@@H](C)C(=O)N[C@H](C)Cc1ccccc1)OC)N(C)C(=O)[C@@H](NC(=O)[C@H](C(C)C)N(C)C(=O)OCCSSC[C@H](N)C(=O)NCCCCCC(=O)NC[C@H]1CC[C@H](C(=O)N[C@@H](Cc2ccc3ccccc3c2)C(=O)NCCCC[C@H](NC(=O)N[C@@H](CCC(=O)O)C(=O)O)C(=O)O)CC1)C(C)C. The predicted molar refractivity (Wildman–Crippen MR) is 449 cm³/mol. The summed E-state index contributed by atoms with van der Waals surface area (Å²) >= 11 is 0. The highest BCUT2D eigenvalue weighted by Gasteiger charge is 2.44. The highest BCUT2D eigenvalue weighted by Crippen LogP contribution is 2.32. The fraction of sp³-hybridized carbons (Fsp3) is 0.655. The number of likely N-dealkylation sites (tertiary alicyclic amines) is 1. The molecular formula is C84H130N12O19S2. The molecule has 11 amide bonds. The molecule has 3 aromatic rings. The van der Waals surface area contributed by atoms with Crippen LogP contribution in [-0.2, 0) is 79.8 Å². The molecular weight excluding hydrogens is 1550 g/mol. The van der Waals surface area contributed by atoms with Gasteiger partial charge in [-0.25, -0.2) is 19.2 Å². The highest BCUT2D eigenvalue weighted by atomic mass is 33.1. The van der Waals surface area contributed by atoms with E-state index >= 15 is 0 Å². The molecule has 2 aliphatic rings.